The topological polar surface area (TPSA) is 66.0 Å². The Morgan fingerprint density at radius 3 is 2.88 bits per heavy atom. The quantitative estimate of drug-likeness (QED) is 0.886. The predicted molar refractivity (Wildman–Crippen MR) is 62.8 cm³/mol. The number of nitriles is 1. The maximum atomic E-state index is 11.7. The molecule has 0 fully saturated rings. The minimum absolute atomic E-state index is 0.184. The van der Waals surface area contributed by atoms with Crippen LogP contribution in [0.2, 0.25) is 5.02 Å². The Kier molecular flexibility index (Phi) is 3.12. The van der Waals surface area contributed by atoms with E-state index < -0.39 is 5.91 Å². The van der Waals surface area contributed by atoms with E-state index in [0.29, 0.717) is 16.3 Å². The second kappa shape index (κ2) is 4.73. The number of furan rings is 1. The molecule has 0 aliphatic heterocycles. The van der Waals surface area contributed by atoms with Gasteiger partial charge in [0.05, 0.1) is 28.6 Å². The normalized spacial score (nSPS) is 9.65. The van der Waals surface area contributed by atoms with E-state index in [1.807, 2.05) is 6.07 Å². The molecule has 1 heterocycles. The van der Waals surface area contributed by atoms with Gasteiger partial charge in [-0.2, -0.15) is 5.26 Å². The van der Waals surface area contributed by atoms with E-state index >= 15 is 0 Å². The summed E-state index contributed by atoms with van der Waals surface area (Å²) < 4.78 is 4.94. The van der Waals surface area contributed by atoms with Crippen molar-refractivity contribution in [3.63, 3.8) is 0 Å². The molecule has 1 aromatic heterocycles. The first kappa shape index (κ1) is 11.2. The molecule has 5 heteroatoms. The molecule has 84 valence electrons. The van der Waals surface area contributed by atoms with Gasteiger partial charge in [-0.05, 0) is 30.3 Å². The van der Waals surface area contributed by atoms with Gasteiger partial charge in [0.25, 0.3) is 5.91 Å². The molecule has 17 heavy (non-hydrogen) atoms. The molecule has 2 aromatic rings. The Hall–Kier alpha value is -2.25. The van der Waals surface area contributed by atoms with Crippen LogP contribution in [-0.4, -0.2) is 5.91 Å². The van der Waals surface area contributed by atoms with E-state index in [2.05, 4.69) is 5.32 Å². The van der Waals surface area contributed by atoms with Gasteiger partial charge in [-0.1, -0.05) is 11.6 Å². The standard InChI is InChI=1S/C12H7ClN2O2/c13-9-4-3-8(7-14)6-10(9)15-12(16)11-2-1-5-17-11/h1-6H,(H,15,16). The maximum Gasteiger partial charge on any atom is 0.291 e. The number of nitrogens with zero attached hydrogens (tertiary/aromatic N) is 1. The third kappa shape index (κ3) is 2.47. The van der Waals surface area contributed by atoms with E-state index in [4.69, 9.17) is 21.3 Å². The van der Waals surface area contributed by atoms with Crippen LogP contribution in [0.25, 0.3) is 0 Å². The summed E-state index contributed by atoms with van der Waals surface area (Å²) in [6.45, 7) is 0. The van der Waals surface area contributed by atoms with Crippen LogP contribution in [0.1, 0.15) is 16.1 Å². The second-order valence-electron chi connectivity index (χ2n) is 3.24. The van der Waals surface area contributed by atoms with E-state index in [1.54, 1.807) is 18.2 Å². The summed E-state index contributed by atoms with van der Waals surface area (Å²) in [6.07, 6.45) is 1.40. The first-order valence-corrected chi connectivity index (χ1v) is 5.13. The molecular formula is C12H7ClN2O2. The van der Waals surface area contributed by atoms with Crippen LogP contribution >= 0.6 is 11.6 Å². The number of carbonyl (C=O) groups excluding carboxylic acids is 1. The minimum Gasteiger partial charge on any atom is -0.459 e. The number of nitrogens with one attached hydrogen (secondary N) is 1. The van der Waals surface area contributed by atoms with Gasteiger partial charge in [-0.3, -0.25) is 4.79 Å². The lowest BCUT2D eigenvalue weighted by Crippen LogP contribution is -2.11. The van der Waals surface area contributed by atoms with E-state index in [0.717, 1.165) is 0 Å². The number of anilines is 1. The molecule has 0 aliphatic rings. The van der Waals surface area contributed by atoms with Gasteiger partial charge in [0, 0.05) is 0 Å². The number of amides is 1. The van der Waals surface area contributed by atoms with Crippen molar-refractivity contribution in [1.82, 2.24) is 0 Å². The van der Waals surface area contributed by atoms with E-state index in [9.17, 15) is 4.79 Å². The number of halogens is 1. The van der Waals surface area contributed by atoms with Crippen molar-refractivity contribution < 1.29 is 9.21 Å². The van der Waals surface area contributed by atoms with Crippen molar-refractivity contribution in [2.24, 2.45) is 0 Å². The Morgan fingerprint density at radius 1 is 1.41 bits per heavy atom. The fourth-order valence-corrected chi connectivity index (χ4v) is 1.45. The van der Waals surface area contributed by atoms with Crippen molar-refractivity contribution in [1.29, 1.82) is 5.26 Å². The average molecular weight is 247 g/mol. The van der Waals surface area contributed by atoms with Crippen LogP contribution < -0.4 is 5.32 Å². The molecule has 0 saturated carbocycles. The molecular weight excluding hydrogens is 240 g/mol. The summed E-state index contributed by atoms with van der Waals surface area (Å²) in [4.78, 5) is 11.7. The fraction of sp³-hybridized carbons (Fsp3) is 0. The monoisotopic (exact) mass is 246 g/mol. The van der Waals surface area contributed by atoms with Crippen LogP contribution in [0, 0.1) is 11.3 Å². The summed E-state index contributed by atoms with van der Waals surface area (Å²) >= 11 is 5.90. The van der Waals surface area contributed by atoms with Crippen LogP contribution in [0.3, 0.4) is 0 Å². The molecule has 0 unspecified atom stereocenters. The summed E-state index contributed by atoms with van der Waals surface area (Å²) in [5.41, 5.74) is 0.802. The lowest BCUT2D eigenvalue weighted by molar-refractivity contribution is 0.0996. The van der Waals surface area contributed by atoms with Crippen LogP contribution in [0.15, 0.2) is 41.0 Å². The van der Waals surface area contributed by atoms with Gasteiger partial charge in [-0.25, -0.2) is 0 Å². The van der Waals surface area contributed by atoms with Crippen molar-refractivity contribution in [2.75, 3.05) is 5.32 Å². The highest BCUT2D eigenvalue weighted by molar-refractivity contribution is 6.33. The SMILES string of the molecule is N#Cc1ccc(Cl)c(NC(=O)c2ccco2)c1. The molecule has 1 aromatic carbocycles. The van der Waals surface area contributed by atoms with Crippen LogP contribution in [-0.2, 0) is 0 Å². The maximum absolute atomic E-state index is 11.7. The highest BCUT2D eigenvalue weighted by Gasteiger charge is 2.11. The smallest absolute Gasteiger partial charge is 0.291 e. The second-order valence-corrected chi connectivity index (χ2v) is 3.65. The number of rotatable bonds is 2. The number of hydrogen-bond acceptors (Lipinski definition) is 3. The molecule has 0 radical (unpaired) electrons. The van der Waals surface area contributed by atoms with Gasteiger partial charge in [0.1, 0.15) is 0 Å². The minimum atomic E-state index is -0.410. The highest BCUT2D eigenvalue weighted by Crippen LogP contribution is 2.23. The molecule has 0 saturated heterocycles. The number of benzene rings is 1. The Bertz CT molecular complexity index is 585. The van der Waals surface area contributed by atoms with Crippen molar-refractivity contribution in [3.05, 3.63) is 52.9 Å². The molecule has 0 bridgehead atoms. The Balaban J connectivity index is 2.25. The molecule has 2 rings (SSSR count). The van der Waals surface area contributed by atoms with Gasteiger partial charge in [0.2, 0.25) is 0 Å². The number of carbonyl (C=O) groups is 1. The van der Waals surface area contributed by atoms with Crippen molar-refractivity contribution >= 4 is 23.2 Å². The van der Waals surface area contributed by atoms with Crippen LogP contribution in [0.4, 0.5) is 5.69 Å². The third-order valence-corrected chi connectivity index (χ3v) is 2.42. The van der Waals surface area contributed by atoms with Gasteiger partial charge < -0.3 is 9.73 Å². The first-order valence-electron chi connectivity index (χ1n) is 4.75. The average Bonchev–Trinajstić information content (AvgIpc) is 2.85. The number of hydrogen-bond donors (Lipinski definition) is 1. The largest absolute Gasteiger partial charge is 0.459 e. The fourth-order valence-electron chi connectivity index (χ4n) is 1.28. The predicted octanol–water partition coefficient (Wildman–Crippen LogP) is 3.06. The Morgan fingerprint density at radius 2 is 2.24 bits per heavy atom. The molecule has 0 atom stereocenters. The highest BCUT2D eigenvalue weighted by atomic mass is 35.5. The Labute approximate surface area is 102 Å². The zero-order valence-electron chi connectivity index (χ0n) is 8.61. The zero-order valence-corrected chi connectivity index (χ0v) is 9.36. The lowest BCUT2D eigenvalue weighted by Gasteiger charge is -2.05. The summed E-state index contributed by atoms with van der Waals surface area (Å²) in [7, 11) is 0. The molecule has 0 spiro atoms. The summed E-state index contributed by atoms with van der Waals surface area (Å²) in [5.74, 6) is -0.226. The van der Waals surface area contributed by atoms with Gasteiger partial charge >= 0.3 is 0 Å². The van der Waals surface area contributed by atoms with Gasteiger partial charge in [-0.15, -0.1) is 0 Å². The van der Waals surface area contributed by atoms with E-state index in [1.165, 1.54) is 18.4 Å². The molecule has 4 nitrogen and oxygen atoms in total. The third-order valence-electron chi connectivity index (χ3n) is 2.09. The van der Waals surface area contributed by atoms with Gasteiger partial charge in [0.15, 0.2) is 5.76 Å². The summed E-state index contributed by atoms with van der Waals surface area (Å²) in [6, 6.07) is 9.75. The first-order chi connectivity index (χ1) is 8.20. The van der Waals surface area contributed by atoms with E-state index in [-0.39, 0.29) is 5.76 Å². The zero-order chi connectivity index (χ0) is 12.3. The van der Waals surface area contributed by atoms with Crippen LogP contribution in [0.5, 0.6) is 0 Å². The molecule has 0 aliphatic carbocycles. The summed E-state index contributed by atoms with van der Waals surface area (Å²) in [5, 5.41) is 11.7. The molecule has 1 amide bonds. The van der Waals surface area contributed by atoms with Crippen molar-refractivity contribution in [2.45, 2.75) is 0 Å². The lowest BCUT2D eigenvalue weighted by atomic mass is 10.2. The van der Waals surface area contributed by atoms with Crippen molar-refractivity contribution in [3.8, 4) is 6.07 Å². The molecule has 1 N–H and O–H groups in total.